The zero-order valence-electron chi connectivity index (χ0n) is 12.2. The second-order valence-corrected chi connectivity index (χ2v) is 5.49. The first-order chi connectivity index (χ1) is 10.5. The van der Waals surface area contributed by atoms with Gasteiger partial charge in [-0.25, -0.2) is 0 Å². The molecule has 7 nitrogen and oxygen atoms in total. The van der Waals surface area contributed by atoms with E-state index < -0.39 is 12.1 Å². The molecule has 1 amide bonds. The maximum absolute atomic E-state index is 12.8. The third kappa shape index (κ3) is 2.80. The van der Waals surface area contributed by atoms with Crippen molar-refractivity contribution in [3.63, 3.8) is 0 Å². The molecule has 22 heavy (non-hydrogen) atoms. The number of fused-ring (bicyclic) bond motifs is 1. The first-order valence-electron chi connectivity index (χ1n) is 7.11. The molecule has 1 saturated heterocycles. The fourth-order valence-corrected chi connectivity index (χ4v) is 2.77. The summed E-state index contributed by atoms with van der Waals surface area (Å²) in [6.45, 7) is 3.02. The topological polar surface area (TPSA) is 95.5 Å². The van der Waals surface area contributed by atoms with Crippen LogP contribution in [0.25, 0.3) is 10.9 Å². The third-order valence-electron chi connectivity index (χ3n) is 3.75. The summed E-state index contributed by atoms with van der Waals surface area (Å²) in [5.41, 5.74) is 2.24. The van der Waals surface area contributed by atoms with E-state index in [-0.39, 0.29) is 18.9 Å². The van der Waals surface area contributed by atoms with Crippen LogP contribution in [0.5, 0.6) is 0 Å². The summed E-state index contributed by atoms with van der Waals surface area (Å²) in [4.78, 5) is 25.2. The number of nitrogens with one attached hydrogen (secondary N) is 1. The van der Waals surface area contributed by atoms with Crippen molar-refractivity contribution in [2.45, 2.75) is 19.4 Å². The minimum atomic E-state index is -0.925. The quantitative estimate of drug-likeness (QED) is 0.888. The number of nitrogens with zero attached hydrogens (tertiary/aromatic N) is 2. The molecule has 0 aliphatic carbocycles. The highest BCUT2D eigenvalue weighted by Crippen LogP contribution is 2.21. The molecule has 2 aromatic rings. The van der Waals surface area contributed by atoms with E-state index in [1.165, 1.54) is 0 Å². The van der Waals surface area contributed by atoms with Crippen molar-refractivity contribution in [1.82, 2.24) is 15.1 Å². The number of H-pyrrole nitrogens is 1. The van der Waals surface area contributed by atoms with Crippen LogP contribution in [0, 0.1) is 6.92 Å². The van der Waals surface area contributed by atoms with Crippen molar-refractivity contribution >= 4 is 22.8 Å². The zero-order valence-corrected chi connectivity index (χ0v) is 12.2. The molecule has 0 radical (unpaired) electrons. The fourth-order valence-electron chi connectivity index (χ4n) is 2.77. The molecule has 1 unspecified atom stereocenters. The molecule has 0 saturated carbocycles. The Kier molecular flexibility index (Phi) is 3.81. The lowest BCUT2D eigenvalue weighted by molar-refractivity contribution is -0.141. The average molecular weight is 303 g/mol. The Balaban J connectivity index is 1.86. The molecule has 1 atom stereocenters. The minimum Gasteiger partial charge on any atom is -0.481 e. The molecular weight excluding hydrogens is 286 g/mol. The Morgan fingerprint density at radius 2 is 2.32 bits per heavy atom. The number of aliphatic carboxylic acids is 1. The highest BCUT2D eigenvalue weighted by Gasteiger charge is 2.27. The standard InChI is InChI=1S/C15H17N3O4/c1-9-4-10-7-16-17-14(10)12(5-9)15(21)18-2-3-22-11(8-18)6-13(19)20/h4-5,7,11H,2-3,6,8H2,1H3,(H,16,17)(H,19,20). The summed E-state index contributed by atoms with van der Waals surface area (Å²) in [7, 11) is 0. The van der Waals surface area contributed by atoms with E-state index in [2.05, 4.69) is 10.2 Å². The van der Waals surface area contributed by atoms with E-state index in [0.717, 1.165) is 10.9 Å². The van der Waals surface area contributed by atoms with Gasteiger partial charge >= 0.3 is 5.97 Å². The number of carboxylic acid groups (broad SMARTS) is 1. The number of carboxylic acids is 1. The Hall–Kier alpha value is -2.41. The van der Waals surface area contributed by atoms with Crippen LogP contribution in [0.1, 0.15) is 22.3 Å². The monoisotopic (exact) mass is 303 g/mol. The molecule has 3 rings (SSSR count). The average Bonchev–Trinajstić information content (AvgIpc) is 2.93. The summed E-state index contributed by atoms with van der Waals surface area (Å²) >= 11 is 0. The van der Waals surface area contributed by atoms with Crippen LogP contribution in [0.2, 0.25) is 0 Å². The molecule has 2 N–H and O–H groups in total. The predicted octanol–water partition coefficient (Wildman–Crippen LogP) is 1.19. The number of hydrogen-bond acceptors (Lipinski definition) is 4. The van der Waals surface area contributed by atoms with E-state index in [1.54, 1.807) is 11.1 Å². The molecule has 7 heteroatoms. The Morgan fingerprint density at radius 1 is 1.50 bits per heavy atom. The molecule has 1 aromatic heterocycles. The third-order valence-corrected chi connectivity index (χ3v) is 3.75. The van der Waals surface area contributed by atoms with Gasteiger partial charge in [0.2, 0.25) is 0 Å². The van der Waals surface area contributed by atoms with E-state index >= 15 is 0 Å². The second-order valence-electron chi connectivity index (χ2n) is 5.49. The van der Waals surface area contributed by atoms with Gasteiger partial charge in [0.25, 0.3) is 5.91 Å². The lowest BCUT2D eigenvalue weighted by Crippen LogP contribution is -2.46. The lowest BCUT2D eigenvalue weighted by Gasteiger charge is -2.32. The largest absolute Gasteiger partial charge is 0.481 e. The Morgan fingerprint density at radius 3 is 3.09 bits per heavy atom. The van der Waals surface area contributed by atoms with Crippen LogP contribution in [0.4, 0.5) is 0 Å². The summed E-state index contributed by atoms with van der Waals surface area (Å²) in [6.07, 6.45) is 1.13. The lowest BCUT2D eigenvalue weighted by atomic mass is 10.1. The van der Waals surface area contributed by atoms with E-state index in [0.29, 0.717) is 24.2 Å². The van der Waals surface area contributed by atoms with Crippen LogP contribution in [0.15, 0.2) is 18.3 Å². The van der Waals surface area contributed by atoms with E-state index in [4.69, 9.17) is 9.84 Å². The van der Waals surface area contributed by atoms with Crippen molar-refractivity contribution in [3.05, 3.63) is 29.5 Å². The number of aryl methyl sites for hydroxylation is 1. The molecule has 116 valence electrons. The van der Waals surface area contributed by atoms with Gasteiger partial charge in [-0.1, -0.05) is 0 Å². The van der Waals surface area contributed by atoms with Gasteiger partial charge in [0.05, 0.1) is 36.4 Å². The molecule has 2 heterocycles. The van der Waals surface area contributed by atoms with Crippen molar-refractivity contribution in [1.29, 1.82) is 0 Å². The first-order valence-corrected chi connectivity index (χ1v) is 7.11. The van der Waals surface area contributed by atoms with Crippen molar-refractivity contribution in [3.8, 4) is 0 Å². The molecule has 1 fully saturated rings. The van der Waals surface area contributed by atoms with Gasteiger partial charge < -0.3 is 14.7 Å². The number of carbonyl (C=O) groups excluding carboxylic acids is 1. The molecule has 1 aliphatic rings. The van der Waals surface area contributed by atoms with Gasteiger partial charge in [-0.2, -0.15) is 5.10 Å². The highest BCUT2D eigenvalue weighted by atomic mass is 16.5. The van der Waals surface area contributed by atoms with Crippen LogP contribution in [-0.2, 0) is 9.53 Å². The maximum atomic E-state index is 12.8. The van der Waals surface area contributed by atoms with Gasteiger partial charge in [-0.15, -0.1) is 0 Å². The van der Waals surface area contributed by atoms with Crippen molar-refractivity contribution < 1.29 is 19.4 Å². The van der Waals surface area contributed by atoms with E-state index in [9.17, 15) is 9.59 Å². The summed E-state index contributed by atoms with van der Waals surface area (Å²) in [6, 6.07) is 3.78. The van der Waals surface area contributed by atoms with Gasteiger partial charge in [-0.05, 0) is 24.6 Å². The van der Waals surface area contributed by atoms with Crippen LogP contribution >= 0.6 is 0 Å². The fraction of sp³-hybridized carbons (Fsp3) is 0.400. The van der Waals surface area contributed by atoms with Crippen molar-refractivity contribution in [2.24, 2.45) is 0 Å². The zero-order chi connectivity index (χ0) is 15.7. The van der Waals surface area contributed by atoms with Crippen LogP contribution in [0.3, 0.4) is 0 Å². The molecule has 0 spiro atoms. The molecule has 1 aromatic carbocycles. The number of aromatic nitrogens is 2. The maximum Gasteiger partial charge on any atom is 0.306 e. The number of rotatable bonds is 3. The van der Waals surface area contributed by atoms with Gasteiger partial charge in [0.15, 0.2) is 0 Å². The van der Waals surface area contributed by atoms with Crippen LogP contribution in [-0.4, -0.2) is 57.9 Å². The van der Waals surface area contributed by atoms with Crippen LogP contribution < -0.4 is 0 Å². The number of ether oxygens (including phenoxy) is 1. The molecule has 0 bridgehead atoms. The smallest absolute Gasteiger partial charge is 0.306 e. The summed E-state index contributed by atoms with van der Waals surface area (Å²) in [5.74, 6) is -1.05. The number of aromatic amines is 1. The predicted molar refractivity (Wildman–Crippen MR) is 78.7 cm³/mol. The van der Waals surface area contributed by atoms with E-state index in [1.807, 2.05) is 19.1 Å². The number of morpholine rings is 1. The number of hydrogen-bond donors (Lipinski definition) is 2. The Labute approximate surface area is 126 Å². The van der Waals surface area contributed by atoms with Crippen molar-refractivity contribution in [2.75, 3.05) is 19.7 Å². The molecular formula is C15H17N3O4. The SMILES string of the molecule is Cc1cc(C(=O)N2CCOC(CC(=O)O)C2)c2[nH]ncc2c1. The van der Waals surface area contributed by atoms with Gasteiger partial charge in [0.1, 0.15) is 0 Å². The summed E-state index contributed by atoms with van der Waals surface area (Å²) in [5, 5.41) is 16.6. The molecule has 1 aliphatic heterocycles. The summed E-state index contributed by atoms with van der Waals surface area (Å²) < 4.78 is 5.41. The number of amides is 1. The minimum absolute atomic E-state index is 0.100. The number of benzene rings is 1. The first kappa shape index (κ1) is 14.5. The Bertz CT molecular complexity index is 725. The normalized spacial score (nSPS) is 18.6. The van der Waals surface area contributed by atoms with Gasteiger partial charge in [0, 0.05) is 18.5 Å². The number of carbonyl (C=O) groups is 2. The highest BCUT2D eigenvalue weighted by molar-refractivity contribution is 6.05. The second kappa shape index (κ2) is 5.76. The van der Waals surface area contributed by atoms with Gasteiger partial charge in [-0.3, -0.25) is 14.7 Å².